The van der Waals surface area contributed by atoms with Gasteiger partial charge in [-0.3, -0.25) is 0 Å². The van der Waals surface area contributed by atoms with E-state index < -0.39 is 0 Å². The Hall–Kier alpha value is -3.78. The second kappa shape index (κ2) is 8.76. The van der Waals surface area contributed by atoms with Gasteiger partial charge in [-0.1, -0.05) is 30.3 Å². The summed E-state index contributed by atoms with van der Waals surface area (Å²) in [5.41, 5.74) is 3.74. The van der Waals surface area contributed by atoms with E-state index in [4.69, 9.17) is 9.72 Å². The topological polar surface area (TPSA) is 79.3 Å². The Bertz CT molecular complexity index is 1200. The van der Waals surface area contributed by atoms with Gasteiger partial charge >= 0.3 is 0 Å². The predicted molar refractivity (Wildman–Crippen MR) is 127 cm³/mol. The van der Waals surface area contributed by atoms with E-state index in [1.54, 1.807) is 19.5 Å². The van der Waals surface area contributed by atoms with Crippen molar-refractivity contribution >= 4 is 28.5 Å². The van der Waals surface area contributed by atoms with Crippen LogP contribution in [-0.2, 0) is 0 Å². The minimum atomic E-state index is 0.509. The van der Waals surface area contributed by atoms with Crippen LogP contribution in [0.15, 0.2) is 61.1 Å². The fraction of sp³-hybridized carbons (Fsp3) is 0.250. The summed E-state index contributed by atoms with van der Waals surface area (Å²) in [5.74, 6) is 2.09. The number of fused-ring (bicyclic) bond motifs is 1. The highest BCUT2D eigenvalue weighted by Crippen LogP contribution is 2.29. The lowest BCUT2D eigenvalue weighted by atomic mass is 10.0. The molecular weight excluding hydrogens is 402 g/mol. The lowest BCUT2D eigenvalue weighted by Crippen LogP contribution is -2.45. The van der Waals surface area contributed by atoms with Crippen LogP contribution in [0.25, 0.3) is 22.0 Å². The highest BCUT2D eigenvalue weighted by atomic mass is 16.5. The van der Waals surface area contributed by atoms with Crippen LogP contribution in [0.1, 0.15) is 0 Å². The molecule has 2 aromatic carbocycles. The summed E-state index contributed by atoms with van der Waals surface area (Å²) >= 11 is 0. The average molecular weight is 428 g/mol. The normalized spacial score (nSPS) is 14.5. The van der Waals surface area contributed by atoms with Gasteiger partial charge in [0.05, 0.1) is 30.7 Å². The molecule has 0 bridgehead atoms. The number of nitrogens with one attached hydrogen (secondary N) is 1. The second-order valence-electron chi connectivity index (χ2n) is 7.85. The predicted octanol–water partition coefficient (Wildman–Crippen LogP) is 3.59. The maximum Gasteiger partial charge on any atom is 0.227 e. The summed E-state index contributed by atoms with van der Waals surface area (Å²) in [7, 11) is 3.80. The molecule has 1 saturated heterocycles. The van der Waals surface area contributed by atoms with Crippen LogP contribution in [0.5, 0.6) is 5.75 Å². The number of rotatable bonds is 5. The maximum atomic E-state index is 5.28. The number of likely N-dealkylation sites (N-methyl/N-ethyl adjacent to an activating group) is 1. The van der Waals surface area contributed by atoms with Crippen LogP contribution in [0, 0.1) is 0 Å². The van der Waals surface area contributed by atoms with E-state index in [9.17, 15) is 0 Å². The molecule has 8 nitrogen and oxygen atoms in total. The summed E-state index contributed by atoms with van der Waals surface area (Å²) in [6.07, 6.45) is 5.39. The van der Waals surface area contributed by atoms with Gasteiger partial charge in [-0.15, -0.1) is 0 Å². The van der Waals surface area contributed by atoms with Gasteiger partial charge in [0.15, 0.2) is 0 Å². The van der Waals surface area contributed by atoms with Crippen molar-refractivity contribution in [2.24, 2.45) is 0 Å². The lowest BCUT2D eigenvalue weighted by molar-refractivity contribution is 0.311. The molecule has 3 heterocycles. The number of methoxy groups -OCH3 is 1. The van der Waals surface area contributed by atoms with E-state index in [1.165, 1.54) is 0 Å². The van der Waals surface area contributed by atoms with Gasteiger partial charge in [0.25, 0.3) is 0 Å². The van der Waals surface area contributed by atoms with Gasteiger partial charge in [-0.05, 0) is 24.7 Å². The van der Waals surface area contributed by atoms with Crippen LogP contribution < -0.4 is 15.0 Å². The first-order valence-electron chi connectivity index (χ1n) is 10.6. The Morgan fingerprint density at radius 2 is 1.62 bits per heavy atom. The number of hydrogen-bond acceptors (Lipinski definition) is 8. The van der Waals surface area contributed by atoms with Crippen molar-refractivity contribution < 1.29 is 4.74 Å². The maximum absolute atomic E-state index is 5.28. The highest BCUT2D eigenvalue weighted by Gasteiger charge is 2.16. The van der Waals surface area contributed by atoms with E-state index >= 15 is 0 Å². The SMILES string of the molecule is COc1ccc(-c2cccc3cnc(Nc4cnc(N5CCN(C)CC5)nc4)nc23)cc1. The number of hydrogen-bond donors (Lipinski definition) is 1. The molecule has 1 fully saturated rings. The van der Waals surface area contributed by atoms with Gasteiger partial charge in [-0.2, -0.15) is 0 Å². The van der Waals surface area contributed by atoms with Crippen molar-refractivity contribution in [1.29, 1.82) is 0 Å². The molecule has 0 aliphatic carbocycles. The summed E-state index contributed by atoms with van der Waals surface area (Å²) < 4.78 is 5.28. The Morgan fingerprint density at radius 1 is 0.875 bits per heavy atom. The number of anilines is 3. The number of para-hydroxylation sites is 1. The third-order valence-electron chi connectivity index (χ3n) is 5.69. The fourth-order valence-electron chi connectivity index (χ4n) is 3.80. The Balaban J connectivity index is 1.39. The van der Waals surface area contributed by atoms with Crippen LogP contribution in [-0.4, -0.2) is 65.2 Å². The van der Waals surface area contributed by atoms with Crippen molar-refractivity contribution in [3.63, 3.8) is 0 Å². The minimum absolute atomic E-state index is 0.509. The first kappa shape index (κ1) is 20.1. The largest absolute Gasteiger partial charge is 0.497 e. The van der Waals surface area contributed by atoms with Crippen molar-refractivity contribution in [2.75, 3.05) is 50.6 Å². The first-order valence-corrected chi connectivity index (χ1v) is 10.6. The number of benzene rings is 2. The fourth-order valence-corrected chi connectivity index (χ4v) is 3.80. The molecule has 0 amide bonds. The van der Waals surface area contributed by atoms with Gasteiger partial charge in [0.1, 0.15) is 5.75 Å². The minimum Gasteiger partial charge on any atom is -0.497 e. The molecule has 4 aromatic rings. The molecular formula is C24H25N7O. The van der Waals surface area contributed by atoms with Crippen LogP contribution in [0.2, 0.25) is 0 Å². The standard InChI is InChI=1S/C24H25N7O/c1-30-10-12-31(13-11-30)24-26-15-19(16-27-24)28-23-25-14-18-4-3-5-21(22(18)29-23)17-6-8-20(32-2)9-7-17/h3-9,14-16H,10-13H2,1-2H3,(H,25,28,29). The third kappa shape index (κ3) is 4.17. The van der Waals surface area contributed by atoms with Gasteiger partial charge < -0.3 is 19.9 Å². The molecule has 0 unspecified atom stereocenters. The molecule has 32 heavy (non-hydrogen) atoms. The molecule has 5 rings (SSSR count). The van der Waals surface area contributed by atoms with Crippen LogP contribution in [0.3, 0.4) is 0 Å². The summed E-state index contributed by atoms with van der Waals surface area (Å²) in [6.45, 7) is 3.91. The summed E-state index contributed by atoms with van der Waals surface area (Å²) in [5, 5.41) is 4.21. The zero-order valence-corrected chi connectivity index (χ0v) is 18.2. The van der Waals surface area contributed by atoms with Crippen molar-refractivity contribution in [1.82, 2.24) is 24.8 Å². The second-order valence-corrected chi connectivity index (χ2v) is 7.85. The molecule has 2 aromatic heterocycles. The molecule has 1 aliphatic heterocycles. The Morgan fingerprint density at radius 3 is 2.34 bits per heavy atom. The van der Waals surface area contributed by atoms with E-state index in [0.29, 0.717) is 5.95 Å². The summed E-state index contributed by atoms with van der Waals surface area (Å²) in [6, 6.07) is 14.1. The molecule has 8 heteroatoms. The van der Waals surface area contributed by atoms with Gasteiger partial charge in [0, 0.05) is 43.3 Å². The molecule has 1 aliphatic rings. The van der Waals surface area contributed by atoms with Crippen LogP contribution >= 0.6 is 0 Å². The summed E-state index contributed by atoms with van der Waals surface area (Å²) in [4.78, 5) is 22.8. The molecule has 1 N–H and O–H groups in total. The Kier molecular flexibility index (Phi) is 5.51. The molecule has 0 spiro atoms. The average Bonchev–Trinajstić information content (AvgIpc) is 2.85. The first-order chi connectivity index (χ1) is 15.7. The van der Waals surface area contributed by atoms with Crippen molar-refractivity contribution in [3.8, 4) is 16.9 Å². The van der Waals surface area contributed by atoms with Crippen molar-refractivity contribution in [3.05, 3.63) is 61.1 Å². The van der Waals surface area contributed by atoms with Gasteiger partial charge in [0.2, 0.25) is 11.9 Å². The number of aromatic nitrogens is 4. The molecule has 0 radical (unpaired) electrons. The number of piperazine rings is 1. The van der Waals surface area contributed by atoms with E-state index in [-0.39, 0.29) is 0 Å². The molecule has 162 valence electrons. The van der Waals surface area contributed by atoms with Crippen LogP contribution in [0.4, 0.5) is 17.6 Å². The van der Waals surface area contributed by atoms with Crippen molar-refractivity contribution in [2.45, 2.75) is 0 Å². The number of ether oxygens (including phenoxy) is 1. The zero-order valence-electron chi connectivity index (χ0n) is 18.2. The third-order valence-corrected chi connectivity index (χ3v) is 5.69. The van der Waals surface area contributed by atoms with Gasteiger partial charge in [-0.25, -0.2) is 19.9 Å². The molecule has 0 atom stereocenters. The Labute approximate surface area is 186 Å². The monoisotopic (exact) mass is 427 g/mol. The molecule has 0 saturated carbocycles. The smallest absolute Gasteiger partial charge is 0.227 e. The lowest BCUT2D eigenvalue weighted by Gasteiger charge is -2.32. The zero-order chi connectivity index (χ0) is 21.9. The van der Waals surface area contributed by atoms with E-state index in [2.05, 4.69) is 43.2 Å². The van der Waals surface area contributed by atoms with E-state index in [1.807, 2.05) is 42.6 Å². The number of nitrogens with zero attached hydrogens (tertiary/aromatic N) is 6. The van der Waals surface area contributed by atoms with E-state index in [0.717, 1.165) is 65.6 Å². The highest BCUT2D eigenvalue weighted by molar-refractivity contribution is 5.93. The quantitative estimate of drug-likeness (QED) is 0.518.